The fourth-order valence-corrected chi connectivity index (χ4v) is 7.79. The Morgan fingerprint density at radius 3 is 2.69 bits per heavy atom. The molecule has 8 rings (SSSR count). The van der Waals surface area contributed by atoms with E-state index in [1.165, 1.54) is 16.6 Å². The molecule has 3 aliphatic rings. The van der Waals surface area contributed by atoms with Crippen LogP contribution in [0.5, 0.6) is 0 Å². The van der Waals surface area contributed by atoms with Crippen LogP contribution in [0.15, 0.2) is 55.3 Å². The number of nitriles is 1. The lowest BCUT2D eigenvalue weighted by molar-refractivity contribution is 0.256. The highest BCUT2D eigenvalue weighted by molar-refractivity contribution is 6.08. The van der Waals surface area contributed by atoms with Crippen molar-refractivity contribution in [3.8, 4) is 28.5 Å². The zero-order chi connectivity index (χ0) is 28.8. The summed E-state index contributed by atoms with van der Waals surface area (Å²) in [5.74, 6) is 0. The standard InChI is InChI=1S/C33H35N9/c1-5-42-21(2)33(11-13-41(20-33)19-32(8-9-32)10-12-34)29-26(42)17-35-31-28(29)27(30(38-31)24-16-36-39(3)18-24)22-6-7-25-23(14-22)15-37-40(25)4/h6-7,14-18H,2,5,8-11,13,19-20H2,1,3-4H3,(H,35,38). The van der Waals surface area contributed by atoms with Crippen molar-refractivity contribution in [2.24, 2.45) is 19.5 Å². The van der Waals surface area contributed by atoms with Crippen LogP contribution in [-0.2, 0) is 19.5 Å². The van der Waals surface area contributed by atoms with Gasteiger partial charge in [0.2, 0.25) is 0 Å². The highest BCUT2D eigenvalue weighted by Crippen LogP contribution is 2.58. The molecule has 1 aromatic carbocycles. The lowest BCUT2D eigenvalue weighted by atomic mass is 9.77. The molecule has 5 aromatic rings. The number of nitrogens with one attached hydrogen (secondary N) is 1. The summed E-state index contributed by atoms with van der Waals surface area (Å²) in [6, 6.07) is 9.07. The summed E-state index contributed by atoms with van der Waals surface area (Å²) < 4.78 is 3.76. The fourth-order valence-electron chi connectivity index (χ4n) is 7.79. The summed E-state index contributed by atoms with van der Waals surface area (Å²) >= 11 is 0. The molecule has 1 atom stereocenters. The average Bonchev–Trinajstić information content (AvgIpc) is 3.44. The van der Waals surface area contributed by atoms with Gasteiger partial charge in [-0.05, 0) is 55.8 Å². The number of aryl methyl sites for hydroxylation is 2. The first-order chi connectivity index (χ1) is 20.4. The first-order valence-electron chi connectivity index (χ1n) is 14.9. The van der Waals surface area contributed by atoms with E-state index in [1.807, 2.05) is 42.0 Å². The summed E-state index contributed by atoms with van der Waals surface area (Å²) in [6.45, 7) is 10.7. The predicted octanol–water partition coefficient (Wildman–Crippen LogP) is 5.51. The molecule has 1 saturated heterocycles. The molecule has 4 aromatic heterocycles. The minimum Gasteiger partial charge on any atom is -0.343 e. The first kappa shape index (κ1) is 25.3. The second kappa shape index (κ2) is 8.79. The van der Waals surface area contributed by atoms with Gasteiger partial charge < -0.3 is 14.8 Å². The van der Waals surface area contributed by atoms with Gasteiger partial charge in [-0.2, -0.15) is 15.5 Å². The molecule has 2 aliphatic heterocycles. The number of H-pyrrole nitrogens is 1. The Labute approximate surface area is 245 Å². The molecule has 42 heavy (non-hydrogen) atoms. The number of fused-ring (bicyclic) bond motifs is 5. The molecule has 2 fully saturated rings. The van der Waals surface area contributed by atoms with Gasteiger partial charge >= 0.3 is 0 Å². The number of aromatic amines is 1. The Balaban J connectivity index is 1.37. The summed E-state index contributed by atoms with van der Waals surface area (Å²) in [6.07, 6.45) is 11.9. The second-order valence-electron chi connectivity index (χ2n) is 12.6. The maximum absolute atomic E-state index is 9.47. The lowest BCUT2D eigenvalue weighted by Gasteiger charge is -2.30. The van der Waals surface area contributed by atoms with Crippen LogP contribution in [0.3, 0.4) is 0 Å². The third-order valence-electron chi connectivity index (χ3n) is 10.1. The third kappa shape index (κ3) is 3.48. The van der Waals surface area contributed by atoms with Gasteiger partial charge in [-0.15, -0.1) is 0 Å². The van der Waals surface area contributed by atoms with Gasteiger partial charge in [0.05, 0.1) is 47.0 Å². The number of rotatable bonds is 6. The molecule has 0 radical (unpaired) electrons. The van der Waals surface area contributed by atoms with Crippen LogP contribution in [0.1, 0.15) is 38.2 Å². The molecule has 1 unspecified atom stereocenters. The highest BCUT2D eigenvalue weighted by Gasteiger charge is 2.54. The quantitative estimate of drug-likeness (QED) is 0.296. The minimum atomic E-state index is -0.211. The van der Waals surface area contributed by atoms with Gasteiger partial charge in [-0.1, -0.05) is 12.6 Å². The van der Waals surface area contributed by atoms with Gasteiger partial charge in [0, 0.05) is 79.5 Å². The van der Waals surface area contributed by atoms with Crippen molar-refractivity contribution in [3.63, 3.8) is 0 Å². The van der Waals surface area contributed by atoms with Crippen LogP contribution in [0.4, 0.5) is 5.69 Å². The van der Waals surface area contributed by atoms with Crippen molar-refractivity contribution in [1.29, 1.82) is 5.26 Å². The lowest BCUT2D eigenvalue weighted by Crippen LogP contribution is -2.36. The van der Waals surface area contributed by atoms with Gasteiger partial charge in [-0.3, -0.25) is 9.36 Å². The minimum absolute atomic E-state index is 0.174. The molecule has 1 spiro atoms. The molecule has 1 N–H and O–H groups in total. The van der Waals surface area contributed by atoms with Crippen molar-refractivity contribution < 1.29 is 0 Å². The maximum Gasteiger partial charge on any atom is 0.138 e. The van der Waals surface area contributed by atoms with Gasteiger partial charge in [0.25, 0.3) is 0 Å². The number of hydrogen-bond donors (Lipinski definition) is 1. The Morgan fingerprint density at radius 1 is 1.10 bits per heavy atom. The van der Waals surface area contributed by atoms with Crippen LogP contribution >= 0.6 is 0 Å². The van der Waals surface area contributed by atoms with Crippen molar-refractivity contribution in [2.75, 3.05) is 31.1 Å². The van der Waals surface area contributed by atoms with E-state index in [9.17, 15) is 5.26 Å². The Morgan fingerprint density at radius 2 is 1.95 bits per heavy atom. The molecule has 9 heteroatoms. The van der Waals surface area contributed by atoms with Crippen LogP contribution in [0.25, 0.3) is 44.3 Å². The van der Waals surface area contributed by atoms with Crippen molar-refractivity contribution >= 4 is 27.6 Å². The summed E-state index contributed by atoms with van der Waals surface area (Å²) in [7, 11) is 3.93. The Bertz CT molecular complexity index is 1950. The number of benzene rings is 1. The van der Waals surface area contributed by atoms with Crippen LogP contribution in [0, 0.1) is 16.7 Å². The molecule has 0 bridgehead atoms. The maximum atomic E-state index is 9.47. The van der Waals surface area contributed by atoms with E-state index in [1.54, 1.807) is 0 Å². The Hall–Kier alpha value is -4.42. The molecule has 1 aliphatic carbocycles. The average molecular weight is 558 g/mol. The normalized spacial score (nSPS) is 21.2. The van der Waals surface area contributed by atoms with E-state index < -0.39 is 0 Å². The Kier molecular flexibility index (Phi) is 5.30. The second-order valence-corrected chi connectivity index (χ2v) is 12.6. The summed E-state index contributed by atoms with van der Waals surface area (Å²) in [5.41, 5.74) is 9.96. The van der Waals surface area contributed by atoms with E-state index in [4.69, 9.17) is 11.6 Å². The monoisotopic (exact) mass is 557 g/mol. The number of hydrogen-bond acceptors (Lipinski definition) is 6. The number of nitrogens with zero attached hydrogens (tertiary/aromatic N) is 8. The smallest absolute Gasteiger partial charge is 0.138 e. The molecule has 0 amide bonds. The molecule has 9 nitrogen and oxygen atoms in total. The highest BCUT2D eigenvalue weighted by atomic mass is 15.3. The van der Waals surface area contributed by atoms with Crippen molar-refractivity contribution in [3.05, 3.63) is 60.8 Å². The van der Waals surface area contributed by atoms with Crippen molar-refractivity contribution in [2.45, 2.75) is 38.0 Å². The van der Waals surface area contributed by atoms with E-state index >= 15 is 0 Å². The molecule has 6 heterocycles. The predicted molar refractivity (Wildman–Crippen MR) is 165 cm³/mol. The number of pyridine rings is 1. The van der Waals surface area contributed by atoms with E-state index in [-0.39, 0.29) is 10.8 Å². The SMILES string of the molecule is C=C1N(CC)c2cnc3[nH]c(-c4cnn(C)c4)c(-c4ccc5c(cnn5C)c4)c3c2C12CCN(CC1(CC#N)CC1)C2. The number of likely N-dealkylation sites (tertiary alicyclic amines) is 1. The number of likely N-dealkylation sites (N-methyl/N-ethyl adjacent to an activating group) is 1. The largest absolute Gasteiger partial charge is 0.343 e. The number of anilines is 1. The molecular weight excluding hydrogens is 522 g/mol. The summed E-state index contributed by atoms with van der Waals surface area (Å²) in [4.78, 5) is 13.7. The van der Waals surface area contributed by atoms with Crippen LogP contribution in [0.2, 0.25) is 0 Å². The zero-order valence-corrected chi connectivity index (χ0v) is 24.5. The fraction of sp³-hybridized carbons (Fsp3) is 0.394. The molecule has 212 valence electrons. The molecule has 1 saturated carbocycles. The van der Waals surface area contributed by atoms with Crippen LogP contribution in [-0.4, -0.2) is 60.6 Å². The van der Waals surface area contributed by atoms with E-state index in [0.717, 1.165) is 90.1 Å². The van der Waals surface area contributed by atoms with Crippen LogP contribution < -0.4 is 4.90 Å². The van der Waals surface area contributed by atoms with E-state index in [2.05, 4.69) is 62.4 Å². The van der Waals surface area contributed by atoms with Gasteiger partial charge in [0.1, 0.15) is 5.65 Å². The van der Waals surface area contributed by atoms with Gasteiger partial charge in [-0.25, -0.2) is 4.98 Å². The van der Waals surface area contributed by atoms with E-state index in [0.29, 0.717) is 6.42 Å². The zero-order valence-electron chi connectivity index (χ0n) is 24.5. The topological polar surface area (TPSA) is 94.6 Å². The number of aromatic nitrogens is 6. The third-order valence-corrected chi connectivity index (χ3v) is 10.1. The summed E-state index contributed by atoms with van der Waals surface area (Å²) in [5, 5.41) is 20.8. The van der Waals surface area contributed by atoms with Crippen molar-refractivity contribution in [1.82, 2.24) is 34.4 Å². The molecular formula is C33H35N9. The van der Waals surface area contributed by atoms with Gasteiger partial charge in [0.15, 0.2) is 0 Å². The first-order valence-corrected chi connectivity index (χ1v) is 14.9.